The second-order valence-corrected chi connectivity index (χ2v) is 5.24. The van der Waals surface area contributed by atoms with E-state index in [2.05, 4.69) is 5.32 Å². The minimum atomic E-state index is -0.882. The standard InChI is InChI=1S/C17H13F2N3O/c18-13-8-11(10-20)9-14(19)16(13)21-15-6-7-22(17(15)23)12-4-2-1-3-5-12/h1-5,8-9,15,21H,6-7H2. The van der Waals surface area contributed by atoms with Crippen LogP contribution in [0.5, 0.6) is 0 Å². The van der Waals surface area contributed by atoms with Crippen molar-refractivity contribution in [1.29, 1.82) is 5.26 Å². The molecule has 2 aromatic carbocycles. The third-order valence-corrected chi connectivity index (χ3v) is 3.76. The number of hydrogen-bond donors (Lipinski definition) is 1. The lowest BCUT2D eigenvalue weighted by molar-refractivity contribution is -0.117. The number of halogens is 2. The van der Waals surface area contributed by atoms with Gasteiger partial charge in [0.2, 0.25) is 5.91 Å². The molecule has 1 unspecified atom stereocenters. The van der Waals surface area contributed by atoms with Crippen LogP contribution in [0.15, 0.2) is 42.5 Å². The molecule has 0 spiro atoms. The highest BCUT2D eigenvalue weighted by atomic mass is 19.1. The largest absolute Gasteiger partial charge is 0.369 e. The van der Waals surface area contributed by atoms with Crippen molar-refractivity contribution in [2.75, 3.05) is 16.8 Å². The Morgan fingerprint density at radius 1 is 1.17 bits per heavy atom. The highest BCUT2D eigenvalue weighted by Crippen LogP contribution is 2.26. The molecule has 1 amide bonds. The second kappa shape index (κ2) is 6.05. The Bertz CT molecular complexity index is 763. The molecule has 23 heavy (non-hydrogen) atoms. The minimum absolute atomic E-state index is 0.103. The summed E-state index contributed by atoms with van der Waals surface area (Å²) in [5.41, 5.74) is 0.272. The summed E-state index contributed by atoms with van der Waals surface area (Å²) in [6.07, 6.45) is 0.437. The maximum atomic E-state index is 13.9. The number of nitrogens with one attached hydrogen (secondary N) is 1. The summed E-state index contributed by atoms with van der Waals surface area (Å²) < 4.78 is 27.8. The Morgan fingerprint density at radius 2 is 1.83 bits per heavy atom. The quantitative estimate of drug-likeness (QED) is 0.947. The number of anilines is 2. The predicted molar refractivity (Wildman–Crippen MR) is 81.9 cm³/mol. The molecule has 1 N–H and O–H groups in total. The Labute approximate surface area is 132 Å². The SMILES string of the molecule is N#Cc1cc(F)c(NC2CCN(c3ccccc3)C2=O)c(F)c1. The first kappa shape index (κ1) is 15.0. The second-order valence-electron chi connectivity index (χ2n) is 5.24. The van der Waals surface area contributed by atoms with Crippen molar-refractivity contribution in [1.82, 2.24) is 0 Å². The van der Waals surface area contributed by atoms with Crippen LogP contribution >= 0.6 is 0 Å². The highest BCUT2D eigenvalue weighted by Gasteiger charge is 2.33. The lowest BCUT2D eigenvalue weighted by atomic mass is 10.1. The summed E-state index contributed by atoms with van der Waals surface area (Å²) in [6, 6.07) is 12.0. The van der Waals surface area contributed by atoms with Crippen LogP contribution < -0.4 is 10.2 Å². The molecule has 0 bridgehead atoms. The number of carbonyl (C=O) groups excluding carboxylic acids is 1. The van der Waals surface area contributed by atoms with Crippen LogP contribution in [0.1, 0.15) is 12.0 Å². The van der Waals surface area contributed by atoms with E-state index in [9.17, 15) is 13.6 Å². The zero-order valence-corrected chi connectivity index (χ0v) is 12.1. The third kappa shape index (κ3) is 2.86. The van der Waals surface area contributed by atoms with Crippen molar-refractivity contribution in [2.45, 2.75) is 12.5 Å². The van der Waals surface area contributed by atoms with Crippen LogP contribution in [-0.2, 0) is 4.79 Å². The Balaban J connectivity index is 1.80. The molecule has 4 nitrogen and oxygen atoms in total. The normalized spacial score (nSPS) is 17.2. The molecular weight excluding hydrogens is 300 g/mol. The monoisotopic (exact) mass is 313 g/mol. The number of para-hydroxylation sites is 1. The molecular formula is C17H13F2N3O. The van der Waals surface area contributed by atoms with Gasteiger partial charge < -0.3 is 10.2 Å². The number of hydrogen-bond acceptors (Lipinski definition) is 3. The van der Waals surface area contributed by atoms with E-state index in [1.54, 1.807) is 11.0 Å². The van der Waals surface area contributed by atoms with Gasteiger partial charge in [-0.25, -0.2) is 8.78 Å². The van der Waals surface area contributed by atoms with Crippen LogP contribution in [0.25, 0.3) is 0 Å². The summed E-state index contributed by atoms with van der Waals surface area (Å²) in [5.74, 6) is -2.00. The Kier molecular flexibility index (Phi) is 3.94. The average Bonchev–Trinajstić information content (AvgIpc) is 2.92. The van der Waals surface area contributed by atoms with Gasteiger partial charge in [0.15, 0.2) is 11.6 Å². The smallest absolute Gasteiger partial charge is 0.249 e. The molecule has 0 saturated carbocycles. The van der Waals surface area contributed by atoms with Gasteiger partial charge in [-0.1, -0.05) is 18.2 Å². The molecule has 1 aliphatic rings. The van der Waals surface area contributed by atoms with E-state index >= 15 is 0 Å². The zero-order valence-electron chi connectivity index (χ0n) is 12.1. The summed E-state index contributed by atoms with van der Waals surface area (Å²) in [7, 11) is 0. The van der Waals surface area contributed by atoms with Crippen molar-refractivity contribution in [2.24, 2.45) is 0 Å². The minimum Gasteiger partial charge on any atom is -0.369 e. The maximum Gasteiger partial charge on any atom is 0.249 e. The molecule has 1 fully saturated rings. The number of nitriles is 1. The lowest BCUT2D eigenvalue weighted by Gasteiger charge is -2.18. The molecule has 1 saturated heterocycles. The molecule has 0 radical (unpaired) electrons. The van der Waals surface area contributed by atoms with Gasteiger partial charge in [-0.15, -0.1) is 0 Å². The summed E-state index contributed by atoms with van der Waals surface area (Å²) in [6.45, 7) is 0.472. The van der Waals surface area contributed by atoms with E-state index in [1.807, 2.05) is 30.3 Å². The first-order valence-corrected chi connectivity index (χ1v) is 7.12. The fourth-order valence-electron chi connectivity index (χ4n) is 2.63. The van der Waals surface area contributed by atoms with Crippen molar-refractivity contribution in [3.8, 4) is 6.07 Å². The topological polar surface area (TPSA) is 56.1 Å². The lowest BCUT2D eigenvalue weighted by Crippen LogP contribution is -2.33. The fraction of sp³-hybridized carbons (Fsp3) is 0.176. The molecule has 0 aromatic heterocycles. The Hall–Kier alpha value is -2.94. The number of benzene rings is 2. The van der Waals surface area contributed by atoms with Gasteiger partial charge in [0.1, 0.15) is 11.7 Å². The predicted octanol–water partition coefficient (Wildman–Crippen LogP) is 3.05. The molecule has 1 aliphatic heterocycles. The van der Waals surface area contributed by atoms with Crippen molar-refractivity contribution in [3.63, 3.8) is 0 Å². The molecule has 1 heterocycles. The van der Waals surface area contributed by atoms with E-state index in [4.69, 9.17) is 5.26 Å². The van der Waals surface area contributed by atoms with Crippen LogP contribution in [0.4, 0.5) is 20.2 Å². The molecule has 116 valence electrons. The first-order chi connectivity index (χ1) is 11.1. The van der Waals surface area contributed by atoms with Gasteiger partial charge in [0.05, 0.1) is 11.6 Å². The summed E-state index contributed by atoms with van der Waals surface area (Å²) >= 11 is 0. The van der Waals surface area contributed by atoms with Gasteiger partial charge in [-0.3, -0.25) is 4.79 Å². The molecule has 3 rings (SSSR count). The third-order valence-electron chi connectivity index (χ3n) is 3.76. The van der Waals surface area contributed by atoms with E-state index in [1.165, 1.54) is 0 Å². The van der Waals surface area contributed by atoms with Crippen molar-refractivity contribution < 1.29 is 13.6 Å². The van der Waals surface area contributed by atoms with E-state index in [0.29, 0.717) is 13.0 Å². The van der Waals surface area contributed by atoms with E-state index in [0.717, 1.165) is 17.8 Å². The zero-order chi connectivity index (χ0) is 16.4. The molecule has 0 aliphatic carbocycles. The van der Waals surface area contributed by atoms with Gasteiger partial charge in [0.25, 0.3) is 0 Å². The fourth-order valence-corrected chi connectivity index (χ4v) is 2.63. The van der Waals surface area contributed by atoms with Crippen LogP contribution in [-0.4, -0.2) is 18.5 Å². The number of nitrogens with zero attached hydrogens (tertiary/aromatic N) is 2. The molecule has 1 atom stereocenters. The van der Waals surface area contributed by atoms with Gasteiger partial charge in [-0.2, -0.15) is 5.26 Å². The number of carbonyl (C=O) groups is 1. The average molecular weight is 313 g/mol. The van der Waals surface area contributed by atoms with Gasteiger partial charge in [-0.05, 0) is 30.7 Å². The van der Waals surface area contributed by atoms with Crippen molar-refractivity contribution in [3.05, 3.63) is 59.7 Å². The van der Waals surface area contributed by atoms with E-state index < -0.39 is 17.7 Å². The highest BCUT2D eigenvalue weighted by molar-refractivity contribution is 6.01. The number of amides is 1. The van der Waals surface area contributed by atoms with Gasteiger partial charge >= 0.3 is 0 Å². The Morgan fingerprint density at radius 3 is 2.43 bits per heavy atom. The first-order valence-electron chi connectivity index (χ1n) is 7.12. The summed E-state index contributed by atoms with van der Waals surface area (Å²) in [5, 5.41) is 11.3. The van der Waals surface area contributed by atoms with Crippen LogP contribution in [0, 0.1) is 23.0 Å². The molecule has 2 aromatic rings. The summed E-state index contributed by atoms with van der Waals surface area (Å²) in [4.78, 5) is 14.0. The van der Waals surface area contributed by atoms with Crippen molar-refractivity contribution >= 4 is 17.3 Å². The van der Waals surface area contributed by atoms with E-state index in [-0.39, 0.29) is 17.2 Å². The molecule has 6 heteroatoms. The van der Waals surface area contributed by atoms with Crippen LogP contribution in [0.2, 0.25) is 0 Å². The maximum absolute atomic E-state index is 13.9. The van der Waals surface area contributed by atoms with Crippen LogP contribution in [0.3, 0.4) is 0 Å². The van der Waals surface area contributed by atoms with Gasteiger partial charge in [0, 0.05) is 12.2 Å². The number of rotatable bonds is 3.